The molecule has 0 rings (SSSR count). The van der Waals surface area contributed by atoms with Crippen molar-refractivity contribution in [1.82, 2.24) is 5.32 Å². The predicted octanol–water partition coefficient (Wildman–Crippen LogP) is 13.2. The molecule has 3 N–H and O–H groups in total. The molecule has 294 valence electrons. The van der Waals surface area contributed by atoms with Crippen molar-refractivity contribution in [2.45, 2.75) is 180 Å². The zero-order valence-electron chi connectivity index (χ0n) is 33.5. The topological polar surface area (TPSA) is 69.6 Å². The maximum absolute atomic E-state index is 12.3. The molecule has 0 heterocycles. The van der Waals surface area contributed by atoms with Gasteiger partial charge in [-0.25, -0.2) is 0 Å². The van der Waals surface area contributed by atoms with E-state index in [9.17, 15) is 15.0 Å². The molecular weight excluding hydrogens is 639 g/mol. The van der Waals surface area contributed by atoms with E-state index in [0.717, 1.165) is 89.9 Å². The van der Waals surface area contributed by atoms with Gasteiger partial charge in [0.15, 0.2) is 0 Å². The molecule has 0 radical (unpaired) electrons. The molecule has 52 heavy (non-hydrogen) atoms. The lowest BCUT2D eigenvalue weighted by Crippen LogP contribution is -2.45. The number of allylic oxidation sites excluding steroid dienone is 17. The first-order chi connectivity index (χ1) is 25.7. The summed E-state index contributed by atoms with van der Waals surface area (Å²) in [5.41, 5.74) is 0. The van der Waals surface area contributed by atoms with Crippen LogP contribution in [0.2, 0.25) is 0 Å². The fourth-order valence-electron chi connectivity index (χ4n) is 5.54. The van der Waals surface area contributed by atoms with Crippen molar-refractivity contribution in [2.24, 2.45) is 0 Å². The minimum Gasteiger partial charge on any atom is -0.394 e. The number of hydrogen-bond donors (Lipinski definition) is 3. The molecular formula is C48H79NO3. The fourth-order valence-corrected chi connectivity index (χ4v) is 5.54. The van der Waals surface area contributed by atoms with Crippen molar-refractivity contribution in [2.75, 3.05) is 6.61 Å². The predicted molar refractivity (Wildman–Crippen MR) is 229 cm³/mol. The molecule has 0 spiro atoms. The second-order valence-corrected chi connectivity index (χ2v) is 13.7. The molecule has 0 saturated carbocycles. The second-order valence-electron chi connectivity index (χ2n) is 13.7. The van der Waals surface area contributed by atoms with Crippen molar-refractivity contribution >= 4 is 5.91 Å². The van der Waals surface area contributed by atoms with Crippen LogP contribution >= 0.6 is 0 Å². The Kier molecular flexibility index (Phi) is 40.1. The van der Waals surface area contributed by atoms with Crippen LogP contribution in [-0.4, -0.2) is 34.9 Å². The van der Waals surface area contributed by atoms with Gasteiger partial charge >= 0.3 is 0 Å². The molecule has 1 amide bonds. The summed E-state index contributed by atoms with van der Waals surface area (Å²) in [5, 5.41) is 22.8. The highest BCUT2D eigenvalue weighted by atomic mass is 16.3. The minimum absolute atomic E-state index is 0.0878. The standard InChI is InChI=1S/C48H79NO3/c1-3-5-7-9-11-13-14-15-16-17-18-19-20-21-22-23-24-25-26-27-28-29-30-31-32-33-34-36-38-40-42-44-48(52)49-46(45-50)47(51)43-41-39-37-35-12-10-8-6-4-2/h5,7,11,13,15-16,18-19,21-22,24-25,27-28,30-31,41,43,46-47,50-51H,3-4,6,8-10,12,14,17,20,23,26,29,32-40,42,44-45H2,1-2H3,(H,49,52)/b7-5-,13-11-,16-15-,19-18-,22-21-,25-24-,28-27-,31-30-,43-41+. The number of unbranched alkanes of at least 4 members (excludes halogenated alkanes) is 13. The van der Waals surface area contributed by atoms with Gasteiger partial charge in [-0.1, -0.05) is 187 Å². The Labute approximate surface area is 321 Å². The van der Waals surface area contributed by atoms with Gasteiger partial charge < -0.3 is 15.5 Å². The SMILES string of the molecule is CC/C=C\C/C=C\C/C=C\C/C=C\C/C=C\C/C=C\C/C=C\C/C=C\CCCCCCCCC(=O)NC(CO)C(O)/C=C/CCCCCCCCC. The van der Waals surface area contributed by atoms with Gasteiger partial charge in [-0.3, -0.25) is 4.79 Å². The number of nitrogens with one attached hydrogen (secondary N) is 1. The number of aliphatic hydroxyl groups is 2. The van der Waals surface area contributed by atoms with Gasteiger partial charge in [0.2, 0.25) is 5.91 Å². The highest BCUT2D eigenvalue weighted by Gasteiger charge is 2.17. The molecule has 2 unspecified atom stereocenters. The molecule has 0 aromatic rings. The molecule has 0 aromatic carbocycles. The summed E-state index contributed by atoms with van der Waals surface area (Å²) in [6, 6.07) is -0.635. The van der Waals surface area contributed by atoms with Crippen molar-refractivity contribution < 1.29 is 15.0 Å². The van der Waals surface area contributed by atoms with E-state index in [-0.39, 0.29) is 12.5 Å². The molecule has 2 atom stereocenters. The minimum atomic E-state index is -0.850. The Morgan fingerprint density at radius 3 is 1.27 bits per heavy atom. The van der Waals surface area contributed by atoms with Gasteiger partial charge in [0.25, 0.3) is 0 Å². The number of carbonyl (C=O) groups is 1. The molecule has 4 heteroatoms. The molecule has 0 aromatic heterocycles. The van der Waals surface area contributed by atoms with Crippen molar-refractivity contribution in [3.05, 3.63) is 109 Å². The lowest BCUT2D eigenvalue weighted by atomic mass is 10.1. The third-order valence-electron chi connectivity index (χ3n) is 8.76. The Morgan fingerprint density at radius 1 is 0.481 bits per heavy atom. The fraction of sp³-hybridized carbons (Fsp3) is 0.604. The summed E-state index contributed by atoms with van der Waals surface area (Å²) in [5.74, 6) is -0.0878. The number of rotatable bonds is 36. The summed E-state index contributed by atoms with van der Waals surface area (Å²) < 4.78 is 0. The van der Waals surface area contributed by atoms with E-state index in [1.54, 1.807) is 6.08 Å². The Morgan fingerprint density at radius 2 is 0.846 bits per heavy atom. The lowest BCUT2D eigenvalue weighted by molar-refractivity contribution is -0.123. The van der Waals surface area contributed by atoms with Gasteiger partial charge in [0, 0.05) is 6.42 Å². The van der Waals surface area contributed by atoms with E-state index in [2.05, 4.69) is 116 Å². The van der Waals surface area contributed by atoms with Crippen LogP contribution in [0.4, 0.5) is 0 Å². The Balaban J connectivity index is 3.68. The van der Waals surface area contributed by atoms with E-state index in [0.29, 0.717) is 6.42 Å². The van der Waals surface area contributed by atoms with Crippen molar-refractivity contribution in [3.8, 4) is 0 Å². The maximum atomic E-state index is 12.3. The molecule has 0 aliphatic carbocycles. The summed E-state index contributed by atoms with van der Waals surface area (Å²) in [7, 11) is 0. The van der Waals surface area contributed by atoms with E-state index in [1.165, 1.54) is 57.8 Å². The van der Waals surface area contributed by atoms with Gasteiger partial charge in [0.05, 0.1) is 18.8 Å². The van der Waals surface area contributed by atoms with Crippen LogP contribution in [0.15, 0.2) is 109 Å². The zero-order valence-corrected chi connectivity index (χ0v) is 33.5. The summed E-state index contributed by atoms with van der Waals surface area (Å²) in [4.78, 5) is 12.3. The highest BCUT2D eigenvalue weighted by molar-refractivity contribution is 5.76. The van der Waals surface area contributed by atoms with Crippen LogP contribution in [0.5, 0.6) is 0 Å². The average Bonchev–Trinajstić information content (AvgIpc) is 3.15. The van der Waals surface area contributed by atoms with Crippen LogP contribution in [0.3, 0.4) is 0 Å². The van der Waals surface area contributed by atoms with Gasteiger partial charge in [0.1, 0.15) is 0 Å². The molecule has 0 saturated heterocycles. The van der Waals surface area contributed by atoms with Crippen LogP contribution in [0, 0.1) is 0 Å². The third kappa shape index (κ3) is 38.3. The normalized spacial score (nSPS) is 14.2. The van der Waals surface area contributed by atoms with Crippen LogP contribution < -0.4 is 5.32 Å². The van der Waals surface area contributed by atoms with E-state index >= 15 is 0 Å². The second kappa shape index (κ2) is 42.5. The monoisotopic (exact) mass is 718 g/mol. The largest absolute Gasteiger partial charge is 0.394 e. The van der Waals surface area contributed by atoms with Crippen molar-refractivity contribution in [3.63, 3.8) is 0 Å². The number of amides is 1. The Bertz CT molecular complexity index is 1040. The number of aliphatic hydroxyl groups excluding tert-OH is 2. The molecule has 0 aliphatic heterocycles. The summed E-state index contributed by atoms with van der Waals surface area (Å²) >= 11 is 0. The molecule has 0 fully saturated rings. The van der Waals surface area contributed by atoms with E-state index in [4.69, 9.17) is 0 Å². The number of hydrogen-bond acceptors (Lipinski definition) is 3. The Hall–Kier alpha value is -2.95. The van der Waals surface area contributed by atoms with E-state index in [1.807, 2.05) is 6.08 Å². The lowest BCUT2D eigenvalue weighted by Gasteiger charge is -2.20. The van der Waals surface area contributed by atoms with Gasteiger partial charge in [-0.2, -0.15) is 0 Å². The molecule has 0 bridgehead atoms. The molecule has 4 nitrogen and oxygen atoms in total. The van der Waals surface area contributed by atoms with Gasteiger partial charge in [-0.15, -0.1) is 0 Å². The van der Waals surface area contributed by atoms with Crippen LogP contribution in [-0.2, 0) is 4.79 Å². The maximum Gasteiger partial charge on any atom is 0.220 e. The van der Waals surface area contributed by atoms with Crippen molar-refractivity contribution in [1.29, 1.82) is 0 Å². The number of carbonyl (C=O) groups excluding carboxylic acids is 1. The smallest absolute Gasteiger partial charge is 0.220 e. The first-order valence-corrected chi connectivity index (χ1v) is 21.1. The van der Waals surface area contributed by atoms with E-state index < -0.39 is 12.1 Å². The zero-order chi connectivity index (χ0) is 37.8. The molecule has 0 aliphatic rings. The van der Waals surface area contributed by atoms with Gasteiger partial charge in [-0.05, 0) is 83.5 Å². The van der Waals surface area contributed by atoms with Crippen LogP contribution in [0.1, 0.15) is 168 Å². The summed E-state index contributed by atoms with van der Waals surface area (Å²) in [6.45, 7) is 4.13. The summed E-state index contributed by atoms with van der Waals surface area (Å²) in [6.07, 6.45) is 64.8. The highest BCUT2D eigenvalue weighted by Crippen LogP contribution is 2.11. The van der Waals surface area contributed by atoms with Crippen LogP contribution in [0.25, 0.3) is 0 Å². The third-order valence-corrected chi connectivity index (χ3v) is 8.76. The average molecular weight is 718 g/mol. The first kappa shape index (κ1) is 49.0. The first-order valence-electron chi connectivity index (χ1n) is 21.1. The quantitative estimate of drug-likeness (QED) is 0.0446.